The highest BCUT2D eigenvalue weighted by molar-refractivity contribution is 5.81. The summed E-state index contributed by atoms with van der Waals surface area (Å²) >= 11 is 0. The predicted octanol–water partition coefficient (Wildman–Crippen LogP) is 4.12. The minimum absolute atomic E-state index is 0.312. The van der Waals surface area contributed by atoms with Crippen LogP contribution in [0.3, 0.4) is 0 Å². The van der Waals surface area contributed by atoms with Crippen LogP contribution >= 0.6 is 0 Å². The van der Waals surface area contributed by atoms with Gasteiger partial charge < -0.3 is 10.1 Å². The highest BCUT2D eigenvalue weighted by Crippen LogP contribution is 2.25. The molecule has 0 atom stereocenters. The topological polar surface area (TPSA) is 93.9 Å². The molecule has 0 bridgehead atoms. The Bertz CT molecular complexity index is 1340. The quantitative estimate of drug-likeness (QED) is 0.391. The molecule has 0 aromatic carbocycles. The summed E-state index contributed by atoms with van der Waals surface area (Å²) in [5, 5.41) is 15.5. The number of ether oxygens (including phenoxy) is 1. The number of nitrogens with zero attached hydrogens (tertiary/aromatic N) is 7. The van der Waals surface area contributed by atoms with Crippen LogP contribution in [0.25, 0.3) is 22.2 Å². The van der Waals surface area contributed by atoms with Crippen LogP contribution in [0.5, 0.6) is 0 Å². The van der Waals surface area contributed by atoms with Gasteiger partial charge in [0, 0.05) is 36.6 Å². The van der Waals surface area contributed by atoms with E-state index < -0.39 is 12.5 Å². The molecule has 1 fully saturated rings. The minimum atomic E-state index is -2.90. The number of fused-ring (bicyclic) bond motifs is 1. The van der Waals surface area contributed by atoms with E-state index in [1.165, 1.54) is 4.68 Å². The van der Waals surface area contributed by atoms with Crippen molar-refractivity contribution in [1.29, 1.82) is 0 Å². The van der Waals surface area contributed by atoms with Crippen LogP contribution in [-0.4, -0.2) is 73.6 Å². The molecule has 1 N–H and O–H groups in total. The lowest BCUT2D eigenvalue weighted by atomic mass is 10.1. The van der Waals surface area contributed by atoms with E-state index in [-0.39, 0.29) is 6.54 Å². The number of aromatic nitrogens is 6. The van der Waals surface area contributed by atoms with E-state index in [4.69, 9.17) is 4.74 Å². The number of nitrogens with one attached hydrogen (secondary N) is 1. The molecular weight excluding hydrogens is 466 g/mol. The largest absolute Gasteiger partial charge is 0.379 e. The summed E-state index contributed by atoms with van der Waals surface area (Å²) < 4.78 is 35.8. The normalized spacial score (nSPS) is 15.0. The third-order valence-electron chi connectivity index (χ3n) is 6.05. The molecule has 5 heterocycles. The van der Waals surface area contributed by atoms with Crippen molar-refractivity contribution in [3.8, 4) is 11.1 Å². The second-order valence-corrected chi connectivity index (χ2v) is 9.28. The number of hydrogen-bond acceptors (Lipinski definition) is 8. The zero-order chi connectivity index (χ0) is 25.1. The van der Waals surface area contributed by atoms with Crippen LogP contribution in [0, 0.1) is 0 Å². The van der Waals surface area contributed by atoms with E-state index in [0.717, 1.165) is 16.6 Å². The van der Waals surface area contributed by atoms with E-state index in [0.29, 0.717) is 54.9 Å². The fourth-order valence-corrected chi connectivity index (χ4v) is 4.10. The van der Waals surface area contributed by atoms with Gasteiger partial charge in [-0.3, -0.25) is 14.6 Å². The Balaban J connectivity index is 1.31. The first-order valence-electron chi connectivity index (χ1n) is 11.9. The van der Waals surface area contributed by atoms with Crippen LogP contribution in [0.4, 0.5) is 20.4 Å². The van der Waals surface area contributed by atoms with Crippen molar-refractivity contribution in [1.82, 2.24) is 34.8 Å². The number of halogens is 2. The van der Waals surface area contributed by atoms with Gasteiger partial charge in [0.05, 0.1) is 43.2 Å². The van der Waals surface area contributed by atoms with Gasteiger partial charge in [-0.2, -0.15) is 10.2 Å². The van der Waals surface area contributed by atoms with Crippen molar-refractivity contribution in [2.45, 2.75) is 32.2 Å². The maximum Gasteiger partial charge on any atom is 0.279 e. The monoisotopic (exact) mass is 494 g/mol. The first-order chi connectivity index (χ1) is 17.3. The molecule has 5 rings (SSSR count). The lowest BCUT2D eigenvalue weighted by Gasteiger charge is -2.30. The Morgan fingerprint density at radius 3 is 2.64 bits per heavy atom. The molecule has 0 amide bonds. The van der Waals surface area contributed by atoms with Crippen molar-refractivity contribution in [3.05, 3.63) is 54.6 Å². The van der Waals surface area contributed by atoms with E-state index >= 15 is 0 Å². The van der Waals surface area contributed by atoms with Crippen molar-refractivity contribution >= 4 is 22.7 Å². The summed E-state index contributed by atoms with van der Waals surface area (Å²) in [7, 11) is 0. The molecule has 0 unspecified atom stereocenters. The van der Waals surface area contributed by atoms with Crippen molar-refractivity contribution in [2.24, 2.45) is 0 Å². The summed E-state index contributed by atoms with van der Waals surface area (Å²) in [6.45, 7) is 5.39. The Hall–Kier alpha value is -3.57. The average molecular weight is 495 g/mol. The van der Waals surface area contributed by atoms with Gasteiger partial charge in [0.1, 0.15) is 12.4 Å². The third-order valence-corrected chi connectivity index (χ3v) is 6.05. The Morgan fingerprint density at radius 1 is 1.00 bits per heavy atom. The first kappa shape index (κ1) is 24.1. The van der Waals surface area contributed by atoms with Crippen molar-refractivity contribution in [3.63, 3.8) is 0 Å². The van der Waals surface area contributed by atoms with E-state index in [9.17, 15) is 8.78 Å². The standard InChI is InChI=1S/C25H28F2N8O/c1-17(2)18-10-24(33-29-12-18)32-23-4-3-21-22(31-23)9-19(11-28-21)20-13-30-35(14-20)16-25(26,27)15-34-5-7-36-8-6-34/h3-4,9-14,17H,5-8,15-16H2,1-2H3,(H,31,32,33). The molecule has 0 aliphatic carbocycles. The zero-order valence-electron chi connectivity index (χ0n) is 20.2. The second-order valence-electron chi connectivity index (χ2n) is 9.28. The van der Waals surface area contributed by atoms with Gasteiger partial charge in [0.2, 0.25) is 0 Å². The third kappa shape index (κ3) is 5.80. The van der Waals surface area contributed by atoms with Crippen LogP contribution in [0.1, 0.15) is 25.3 Å². The minimum Gasteiger partial charge on any atom is -0.379 e. The van der Waals surface area contributed by atoms with E-state index in [1.807, 2.05) is 24.3 Å². The molecule has 11 heteroatoms. The van der Waals surface area contributed by atoms with Gasteiger partial charge in [-0.05, 0) is 35.7 Å². The summed E-state index contributed by atoms with van der Waals surface area (Å²) in [5.41, 5.74) is 3.90. The Morgan fingerprint density at radius 2 is 1.83 bits per heavy atom. The SMILES string of the molecule is CC(C)c1cnnc(Nc2ccc3ncc(-c4cnn(CC(F)(F)CN5CCOCC5)c4)cc3n2)c1. The molecule has 1 aliphatic rings. The maximum atomic E-state index is 14.6. The fourth-order valence-electron chi connectivity index (χ4n) is 4.10. The molecule has 4 aromatic rings. The van der Waals surface area contributed by atoms with Crippen LogP contribution in [0.15, 0.2) is 49.1 Å². The van der Waals surface area contributed by atoms with Crippen LogP contribution < -0.4 is 5.32 Å². The number of pyridine rings is 2. The lowest BCUT2D eigenvalue weighted by Crippen LogP contribution is -2.45. The van der Waals surface area contributed by atoms with Crippen LogP contribution in [-0.2, 0) is 11.3 Å². The van der Waals surface area contributed by atoms with Crippen LogP contribution in [0.2, 0.25) is 0 Å². The molecule has 9 nitrogen and oxygen atoms in total. The van der Waals surface area contributed by atoms with E-state index in [1.54, 1.807) is 29.7 Å². The van der Waals surface area contributed by atoms with Crippen molar-refractivity contribution < 1.29 is 13.5 Å². The van der Waals surface area contributed by atoms with E-state index in [2.05, 4.69) is 44.4 Å². The number of alkyl halides is 2. The molecule has 188 valence electrons. The fraction of sp³-hybridized carbons (Fsp3) is 0.400. The summed E-state index contributed by atoms with van der Waals surface area (Å²) in [5.74, 6) is -1.36. The predicted molar refractivity (Wildman–Crippen MR) is 132 cm³/mol. The first-order valence-corrected chi connectivity index (χ1v) is 11.9. The summed E-state index contributed by atoms with van der Waals surface area (Å²) in [6.07, 6.45) is 6.63. The molecule has 0 saturated carbocycles. The van der Waals surface area contributed by atoms with Gasteiger partial charge >= 0.3 is 0 Å². The number of rotatable bonds is 8. The Labute approximate surface area is 207 Å². The number of morpholine rings is 1. The second kappa shape index (κ2) is 10.2. The maximum absolute atomic E-state index is 14.6. The van der Waals surface area contributed by atoms with Gasteiger partial charge in [-0.1, -0.05) is 13.8 Å². The molecule has 1 aliphatic heterocycles. The average Bonchev–Trinajstić information content (AvgIpc) is 3.31. The summed E-state index contributed by atoms with van der Waals surface area (Å²) in [4.78, 5) is 10.9. The number of anilines is 2. The molecule has 1 saturated heterocycles. The lowest BCUT2D eigenvalue weighted by molar-refractivity contribution is -0.0689. The Kier molecular flexibility index (Phi) is 6.84. The molecule has 0 spiro atoms. The molecule has 0 radical (unpaired) electrons. The smallest absolute Gasteiger partial charge is 0.279 e. The molecule has 4 aromatic heterocycles. The van der Waals surface area contributed by atoms with Gasteiger partial charge in [-0.25, -0.2) is 13.8 Å². The highest BCUT2D eigenvalue weighted by Gasteiger charge is 2.33. The van der Waals surface area contributed by atoms with Crippen molar-refractivity contribution in [2.75, 3.05) is 38.2 Å². The van der Waals surface area contributed by atoms with Gasteiger partial charge in [0.25, 0.3) is 5.92 Å². The highest BCUT2D eigenvalue weighted by atomic mass is 19.3. The van der Waals surface area contributed by atoms with Gasteiger partial charge in [0.15, 0.2) is 5.82 Å². The zero-order valence-corrected chi connectivity index (χ0v) is 20.2. The number of hydrogen-bond donors (Lipinski definition) is 1. The summed E-state index contributed by atoms with van der Waals surface area (Å²) in [6, 6.07) is 7.51. The molecule has 36 heavy (non-hydrogen) atoms. The van der Waals surface area contributed by atoms with Gasteiger partial charge in [-0.15, -0.1) is 5.10 Å². The molecular formula is C25H28F2N8O.